The lowest BCUT2D eigenvalue weighted by molar-refractivity contribution is -0.141. The van der Waals surface area contributed by atoms with Crippen LogP contribution in [0.1, 0.15) is 15.9 Å². The topological polar surface area (TPSA) is 242 Å². The van der Waals surface area contributed by atoms with Crippen molar-refractivity contribution in [2.24, 2.45) is 0 Å². The van der Waals surface area contributed by atoms with Crippen LogP contribution in [-0.4, -0.2) is 83.5 Å². The maximum absolute atomic E-state index is 12.4. The number of benzene rings is 3. The molecule has 0 aliphatic heterocycles. The van der Waals surface area contributed by atoms with Gasteiger partial charge in [-0.05, 0) is 22.8 Å². The Morgan fingerprint density at radius 1 is 0.628 bits per heavy atom. The van der Waals surface area contributed by atoms with Crippen molar-refractivity contribution in [3.05, 3.63) is 96.1 Å². The normalized spacial score (nSPS) is 12.5. The third-order valence-corrected chi connectivity index (χ3v) is 6.96. The fraction of sp³-hybridized carbons (Fsp3) is 0.185. The lowest BCUT2D eigenvalue weighted by Gasteiger charge is -2.15. The molecule has 6 N–H and O–H groups in total. The zero-order valence-corrected chi connectivity index (χ0v) is 23.9. The van der Waals surface area contributed by atoms with E-state index in [9.17, 15) is 36.0 Å². The van der Waals surface area contributed by atoms with Gasteiger partial charge in [-0.1, -0.05) is 78.9 Å². The summed E-state index contributed by atoms with van der Waals surface area (Å²) in [5.74, 6) is -6.64. The number of amides is 2. The van der Waals surface area contributed by atoms with Gasteiger partial charge in [0.05, 0.1) is 6.42 Å². The average molecular weight is 637 g/mol. The molecule has 0 unspecified atom stereocenters. The average Bonchev–Trinajstić information content (AvgIpc) is 2.92. The molecule has 230 valence electrons. The van der Waals surface area contributed by atoms with Crippen molar-refractivity contribution in [3.63, 3.8) is 0 Å². The molecule has 0 aromatic heterocycles. The van der Waals surface area contributed by atoms with Gasteiger partial charge in [0.15, 0.2) is 0 Å². The number of carboxylic acids is 2. The quantitative estimate of drug-likeness (QED) is 0.153. The molecule has 2 amide bonds. The highest BCUT2D eigenvalue weighted by atomic mass is 32.2. The summed E-state index contributed by atoms with van der Waals surface area (Å²) in [4.78, 5) is 45.8. The first kappa shape index (κ1) is 34.6. The number of rotatable bonds is 12. The number of aliphatic carboxylic acids is 2. The van der Waals surface area contributed by atoms with E-state index in [1.54, 1.807) is 72.8 Å². The van der Waals surface area contributed by atoms with Crippen molar-refractivity contribution in [2.75, 3.05) is 11.5 Å². The number of carbonyl (C=O) groups is 4. The van der Waals surface area contributed by atoms with Crippen molar-refractivity contribution in [1.29, 1.82) is 0 Å². The summed E-state index contributed by atoms with van der Waals surface area (Å²) in [6, 6.07) is 20.7. The third kappa shape index (κ3) is 12.8. The summed E-state index contributed by atoms with van der Waals surface area (Å²) in [6.45, 7) is 0. The van der Waals surface area contributed by atoms with Gasteiger partial charge in [-0.25, -0.2) is 9.59 Å². The van der Waals surface area contributed by atoms with E-state index < -0.39 is 67.6 Å². The number of hydrogen-bond donors (Lipinski definition) is 6. The van der Waals surface area contributed by atoms with Gasteiger partial charge in [0.2, 0.25) is 5.91 Å². The Morgan fingerprint density at radius 2 is 1.07 bits per heavy atom. The molecule has 43 heavy (non-hydrogen) atoms. The molecule has 0 saturated heterocycles. The van der Waals surface area contributed by atoms with Crippen LogP contribution in [-0.2, 0) is 41.0 Å². The van der Waals surface area contributed by atoms with Gasteiger partial charge >= 0.3 is 11.9 Å². The van der Waals surface area contributed by atoms with Crippen LogP contribution in [0.4, 0.5) is 0 Å². The van der Waals surface area contributed by atoms with E-state index in [1.807, 2.05) is 11.4 Å². The lowest BCUT2D eigenvalue weighted by Crippen LogP contribution is -2.45. The number of carbonyl (C=O) groups excluding carboxylic acids is 2. The van der Waals surface area contributed by atoms with Gasteiger partial charge in [-0.15, -0.1) is 0 Å². The Bertz CT molecular complexity index is 1650. The molecule has 14 nitrogen and oxygen atoms in total. The highest BCUT2D eigenvalue weighted by Gasteiger charge is 2.27. The number of hydrogen-bond acceptors (Lipinski definition) is 8. The monoisotopic (exact) mass is 636 g/mol. The van der Waals surface area contributed by atoms with E-state index in [1.165, 1.54) is 6.07 Å². The Labute approximate surface area is 246 Å². The highest BCUT2D eigenvalue weighted by molar-refractivity contribution is 7.86. The first-order valence-electron chi connectivity index (χ1n) is 12.2. The van der Waals surface area contributed by atoms with Crippen molar-refractivity contribution < 1.29 is 55.3 Å². The van der Waals surface area contributed by atoms with Crippen molar-refractivity contribution in [1.82, 2.24) is 10.6 Å². The Morgan fingerprint density at radius 3 is 1.56 bits per heavy atom. The van der Waals surface area contributed by atoms with Crippen LogP contribution >= 0.6 is 0 Å². The van der Waals surface area contributed by atoms with Crippen LogP contribution < -0.4 is 10.6 Å². The van der Waals surface area contributed by atoms with Crippen molar-refractivity contribution >= 4 is 44.0 Å². The van der Waals surface area contributed by atoms with E-state index in [0.717, 1.165) is 5.56 Å². The number of nitrogens with one attached hydrogen (secondary N) is 2. The summed E-state index contributed by atoms with van der Waals surface area (Å²) in [5.41, 5.74) is 2.19. The molecule has 0 aliphatic carbocycles. The van der Waals surface area contributed by atoms with Crippen LogP contribution in [0.2, 0.25) is 0 Å². The minimum Gasteiger partial charge on any atom is -0.480 e. The summed E-state index contributed by atoms with van der Waals surface area (Å²) >= 11 is 0. The predicted octanol–water partition coefficient (Wildman–Crippen LogP) is 1.11. The Kier molecular flexibility index (Phi) is 12.5. The smallest absolute Gasteiger partial charge is 0.327 e. The van der Waals surface area contributed by atoms with Crippen molar-refractivity contribution in [3.8, 4) is 11.1 Å². The van der Waals surface area contributed by atoms with Gasteiger partial charge in [0.25, 0.3) is 26.1 Å². The number of carboxylic acid groups (broad SMARTS) is 2. The molecule has 0 saturated carbocycles. The molecule has 3 rings (SSSR count). The molecule has 0 aliphatic rings. The summed E-state index contributed by atoms with van der Waals surface area (Å²) in [7, 11) is -9.04. The van der Waals surface area contributed by atoms with Gasteiger partial charge in [0, 0.05) is 5.56 Å². The van der Waals surface area contributed by atoms with Crippen molar-refractivity contribution in [2.45, 2.75) is 18.5 Å². The van der Waals surface area contributed by atoms with E-state index in [4.69, 9.17) is 19.3 Å². The Balaban J connectivity index is 0.000000309. The minimum atomic E-state index is -4.55. The molecule has 3 aromatic carbocycles. The van der Waals surface area contributed by atoms with Crippen LogP contribution in [0.3, 0.4) is 0 Å². The summed E-state index contributed by atoms with van der Waals surface area (Å²) in [5, 5.41) is 22.0. The second kappa shape index (κ2) is 15.5. The first-order valence-corrected chi connectivity index (χ1v) is 15.4. The van der Waals surface area contributed by atoms with E-state index in [-0.39, 0.29) is 12.0 Å². The highest BCUT2D eigenvalue weighted by Crippen LogP contribution is 2.23. The third-order valence-electron chi connectivity index (χ3n) is 5.46. The van der Waals surface area contributed by atoms with Gasteiger partial charge in [-0.3, -0.25) is 18.7 Å². The van der Waals surface area contributed by atoms with E-state index >= 15 is 0 Å². The molecule has 16 heteroatoms. The molecule has 0 radical (unpaired) electrons. The second-order valence-electron chi connectivity index (χ2n) is 8.89. The van der Waals surface area contributed by atoms with Crippen LogP contribution in [0.5, 0.6) is 0 Å². The zero-order valence-electron chi connectivity index (χ0n) is 22.2. The van der Waals surface area contributed by atoms with Crippen LogP contribution in [0.25, 0.3) is 11.1 Å². The van der Waals surface area contributed by atoms with Crippen LogP contribution in [0.15, 0.2) is 84.9 Å². The molecule has 2 atom stereocenters. The van der Waals surface area contributed by atoms with Gasteiger partial charge in [0.1, 0.15) is 23.6 Å². The minimum absolute atomic E-state index is 0.0733. The molecular formula is C27H28N2O12S2. The molecule has 0 fully saturated rings. The predicted molar refractivity (Wildman–Crippen MR) is 153 cm³/mol. The zero-order chi connectivity index (χ0) is 32.2. The second-order valence-corrected chi connectivity index (χ2v) is 11.9. The van der Waals surface area contributed by atoms with E-state index in [0.29, 0.717) is 11.1 Å². The largest absolute Gasteiger partial charge is 0.480 e. The maximum Gasteiger partial charge on any atom is 0.327 e. The maximum atomic E-state index is 12.4. The van der Waals surface area contributed by atoms with Gasteiger partial charge < -0.3 is 20.8 Å². The lowest BCUT2D eigenvalue weighted by atomic mass is 9.99. The summed E-state index contributed by atoms with van der Waals surface area (Å²) < 4.78 is 60.4. The molecule has 0 spiro atoms. The summed E-state index contributed by atoms with van der Waals surface area (Å²) in [6.07, 6.45) is -0.0733. The standard InChI is InChI=1S/C16H15NO6S.C11H13NO6S/c18-15(17-14(16(19)20)10-24(21,22)23)13-9-5-4-8-12(13)11-6-2-1-3-7-11;13-10(6-8-4-2-1-3-5-8)12-9(11(14)15)7-19(16,17)18/h1-9,14H,10H2,(H,17,18)(H,19,20)(H,21,22,23);1-5,9H,6-7H2,(H,12,13)(H,14,15)(H,16,17,18)/t14-;9-/m00/s1. The van der Waals surface area contributed by atoms with Gasteiger partial charge in [-0.2, -0.15) is 16.8 Å². The molecule has 0 bridgehead atoms. The fourth-order valence-electron chi connectivity index (χ4n) is 3.58. The molecule has 3 aromatic rings. The van der Waals surface area contributed by atoms with E-state index in [2.05, 4.69) is 5.32 Å². The Hall–Kier alpha value is -4.64. The molecule has 0 heterocycles. The molecular weight excluding hydrogens is 608 g/mol. The first-order chi connectivity index (χ1) is 20.1. The SMILES string of the molecule is O=C(Cc1ccccc1)N[C@@H](CS(=O)(=O)O)C(=O)O.O=C(N[C@@H](CS(=O)(=O)O)C(=O)O)c1ccccc1-c1ccccc1. The van der Waals surface area contributed by atoms with Crippen LogP contribution in [0, 0.1) is 0 Å². The fourth-order valence-corrected chi connectivity index (χ4v) is 4.88.